The Morgan fingerprint density at radius 2 is 0.379 bits per heavy atom. The van der Waals surface area contributed by atoms with Crippen LogP contribution in [0.4, 0.5) is 0 Å². The first kappa shape index (κ1) is 69.5. The quantitative estimate of drug-likeness (QED) is 0.113. The molecule has 0 fully saturated rings. The van der Waals surface area contributed by atoms with Crippen molar-refractivity contribution in [2.24, 2.45) is 0 Å². The largest absolute Gasteiger partial charge is 0.455 e. The summed E-state index contributed by atoms with van der Waals surface area (Å²) in [6.07, 6.45) is 0. The molecule has 7 aromatic heterocycles. The van der Waals surface area contributed by atoms with Gasteiger partial charge < -0.3 is 31.8 Å². The summed E-state index contributed by atoms with van der Waals surface area (Å²) < 4.78 is 145. The summed E-state index contributed by atoms with van der Waals surface area (Å²) in [6, 6.07) is 153. The van der Waals surface area contributed by atoms with Crippen LogP contribution in [0.25, 0.3) is 265 Å². The summed E-state index contributed by atoms with van der Waals surface area (Å²) in [7, 11) is 0. The van der Waals surface area contributed by atoms with Gasteiger partial charge in [0.1, 0.15) is 11.2 Å². The number of hydrogen-bond acceptors (Lipinski definition) is 1. The molecule has 0 aliphatic rings. The number of para-hydroxylation sites is 10. The summed E-state index contributed by atoms with van der Waals surface area (Å²) in [4.78, 5) is 0. The van der Waals surface area contributed by atoms with Crippen molar-refractivity contribution >= 4 is 153 Å². The van der Waals surface area contributed by atoms with Crippen molar-refractivity contribution in [3.8, 4) is 112 Å². The smallest absolute Gasteiger partial charge is 0.143 e. The van der Waals surface area contributed by atoms with Crippen molar-refractivity contribution in [2.45, 2.75) is 0 Å². The zero-order valence-corrected chi connectivity index (χ0v) is 77.9. The van der Waals surface area contributed by atoms with E-state index in [1.54, 1.807) is 15.2 Å². The number of aromatic nitrogens is 6. The van der Waals surface area contributed by atoms with Gasteiger partial charge in [0.05, 0.1) is 86.8 Å². The Hall–Kier alpha value is -19.3. The van der Waals surface area contributed by atoms with E-state index in [2.05, 4.69) is 340 Å². The molecule has 145 heavy (non-hydrogen) atoms. The lowest BCUT2D eigenvalue weighted by Crippen LogP contribution is -1.94. The highest BCUT2D eigenvalue weighted by Crippen LogP contribution is 2.47. The van der Waals surface area contributed by atoms with Crippen LogP contribution in [0.5, 0.6) is 0 Å². The van der Waals surface area contributed by atoms with Crippen molar-refractivity contribution in [1.82, 2.24) is 27.4 Å². The second-order valence-electron chi connectivity index (χ2n) is 36.7. The van der Waals surface area contributed by atoms with Crippen LogP contribution in [0.1, 0.15) is 20.6 Å². The zero-order valence-electron chi connectivity index (χ0n) is 92.9. The Kier molecular flexibility index (Phi) is 16.7. The highest BCUT2D eigenvalue weighted by atomic mass is 16.3. The highest BCUT2D eigenvalue weighted by Gasteiger charge is 2.24. The molecule has 30 rings (SSSR count). The summed E-state index contributed by atoms with van der Waals surface area (Å²) in [5.41, 5.74) is 32.1. The first-order valence-corrected chi connectivity index (χ1v) is 48.5. The maximum Gasteiger partial charge on any atom is 0.143 e. The van der Waals surface area contributed by atoms with E-state index >= 15 is 0 Å². The van der Waals surface area contributed by atoms with Gasteiger partial charge in [-0.2, -0.15) is 0 Å². The first-order valence-electron chi connectivity index (χ1n) is 56.0. The van der Waals surface area contributed by atoms with E-state index in [-0.39, 0.29) is 89.4 Å². The minimum absolute atomic E-state index is 0.102. The van der Waals surface area contributed by atoms with E-state index in [1.807, 2.05) is 127 Å². The van der Waals surface area contributed by atoms with E-state index < -0.39 is 18.1 Å². The summed E-state index contributed by atoms with van der Waals surface area (Å²) in [5.74, 6) is 0. The minimum Gasteiger partial charge on any atom is -0.455 e. The predicted molar refractivity (Wildman–Crippen MR) is 611 cm³/mol. The number of nitrogens with zero attached hydrogens (tertiary/aromatic N) is 6. The van der Waals surface area contributed by atoms with Gasteiger partial charge in [-0.15, -0.1) is 0 Å². The molecule has 0 saturated carbocycles. The number of furan rings is 1. The molecule has 0 bridgehead atoms. The molecule has 0 radical (unpaired) electrons. The lowest BCUT2D eigenvalue weighted by atomic mass is 9.99. The Morgan fingerprint density at radius 3 is 0.752 bits per heavy atom. The highest BCUT2D eigenvalue weighted by molar-refractivity contribution is 6.18. The molecule has 23 aromatic carbocycles. The third kappa shape index (κ3) is 14.3. The van der Waals surface area contributed by atoms with Crippen LogP contribution >= 0.6 is 0 Å². The van der Waals surface area contributed by atoms with Crippen LogP contribution in [0.15, 0.2) is 550 Å². The molecule has 7 heterocycles. The zero-order chi connectivity index (χ0) is 109. The summed E-state index contributed by atoms with van der Waals surface area (Å²) in [5, 5.41) is 15.2. The SMILES string of the molecule is [2H]c1c([2H])c([2H])c(-c2cccc(-n3c4ccccc4c4cc(-c5ccc6c(c5)c5ccccc5n6-c5c([2H])c([2H])c([2H])c([2H])c5[2H])ccc43)c2)c([2H])c1[2H].[2H]c1c([2H])c([2H])c(-n2c3ccccc3c3cc(-c4ccc5c(c4)c4ccccc4n5-c4ccc(-c5cccc6c5oc5ccccc56)cc4)ccc32)c([2H])c1[2H].c1ccc(-c2cccc(-n3c4ccc(-c5ccccc5)cc4c4cc(-c5ccc6c(c5)c5ccccc5n6-c5ccccc5)ccc43)c2)cc1. The fourth-order valence-electron chi connectivity index (χ4n) is 22.1. The Labute approximate surface area is 857 Å². The molecule has 0 aliphatic heterocycles. The van der Waals surface area contributed by atoms with Crippen LogP contribution in [0.2, 0.25) is 0 Å². The predicted octanol–water partition coefficient (Wildman–Crippen LogP) is 37.2. The normalized spacial score (nSPS) is 13.2. The molecule has 7 nitrogen and oxygen atoms in total. The third-order valence-electron chi connectivity index (χ3n) is 28.6. The molecule has 0 saturated heterocycles. The molecule has 0 amide bonds. The van der Waals surface area contributed by atoms with Crippen LogP contribution in [-0.4, -0.2) is 27.4 Å². The average molecular weight is 1860 g/mol. The van der Waals surface area contributed by atoms with Gasteiger partial charge in [-0.25, -0.2) is 0 Å². The van der Waals surface area contributed by atoms with E-state index in [0.29, 0.717) is 5.56 Å². The maximum atomic E-state index is 8.74. The van der Waals surface area contributed by atoms with Crippen LogP contribution in [0.3, 0.4) is 0 Å². The number of rotatable bonds is 13. The van der Waals surface area contributed by atoms with E-state index in [0.717, 1.165) is 160 Å². The number of hydrogen-bond donors (Lipinski definition) is 0. The molecule has 0 spiro atoms. The molecule has 7 heteroatoms. The van der Waals surface area contributed by atoms with Gasteiger partial charge in [0, 0.05) is 115 Å². The molecular weight excluding hydrogens is 1760 g/mol. The van der Waals surface area contributed by atoms with E-state index in [4.69, 9.17) is 25.0 Å². The number of benzene rings is 23. The molecule has 0 unspecified atom stereocenters. The maximum absolute atomic E-state index is 8.74. The number of fused-ring (bicyclic) bond motifs is 21. The first-order chi connectivity index (χ1) is 78.1. The topological polar surface area (TPSA) is 42.7 Å². The van der Waals surface area contributed by atoms with Gasteiger partial charge in [0.25, 0.3) is 0 Å². The summed E-state index contributed by atoms with van der Waals surface area (Å²) in [6.45, 7) is 0. The monoisotopic (exact) mass is 1860 g/mol. The van der Waals surface area contributed by atoms with Gasteiger partial charge in [-0.3, -0.25) is 0 Å². The molecule has 30 aromatic rings. The molecular formula is C138H90N6O. The molecule has 0 N–H and O–H groups in total. The molecule has 0 atom stereocenters. The molecule has 678 valence electrons. The lowest BCUT2D eigenvalue weighted by Gasteiger charge is -2.11. The third-order valence-corrected chi connectivity index (χ3v) is 28.6. The van der Waals surface area contributed by atoms with Gasteiger partial charge >= 0.3 is 0 Å². The standard InChI is InChI=1S/C48H30N2O.C48H32N2.C42H28N2/c1-2-11-34(12-3-1)49-43-18-7-4-13-37(43)41-29-32(23-27-45(41)49)33-24-28-46-42(30-33)38-14-5-8-19-44(38)50(46)35-25-21-31(22-26-35)36-16-10-17-40-39-15-6-9-20-47(39)51-48(36)40;1-4-13-33(14-5-1)35-17-12-20-40(29-35)50-47-26-23-36(34-15-6-2-7-16-34)30-43(47)44-32-38(25-28-48(44)50)37-24-27-46-42(31-37)41-21-10-11-22-45(41)49(46)39-18-8-3-9-19-39;1-3-12-29(13-4-1)30-14-11-17-34(26-30)44-40-21-10-8-19-36(40)38-28-32(23-25-42(38)44)31-22-24-41-37(27-31)35-18-7-9-20-39(35)43(41)33-15-5-2-6-16-33/h1-30H;1-32H;1-28H/i1D,2D,3D,11D,12D;;1D,2D,3D,4D,5D,6D,12D,13D,15D,16D. The van der Waals surface area contributed by atoms with Crippen molar-refractivity contribution in [3.05, 3.63) is 546 Å². The average Bonchev–Trinajstić information content (AvgIpc) is 1.58. The van der Waals surface area contributed by atoms with Crippen molar-refractivity contribution in [1.29, 1.82) is 0 Å². The lowest BCUT2D eigenvalue weighted by molar-refractivity contribution is 0.670. The second-order valence-corrected chi connectivity index (χ2v) is 36.7. The Bertz CT molecular complexity index is 11300. The van der Waals surface area contributed by atoms with E-state index in [1.165, 1.54) is 82.7 Å². The van der Waals surface area contributed by atoms with Crippen molar-refractivity contribution < 1.29 is 25.0 Å². The van der Waals surface area contributed by atoms with Crippen LogP contribution in [-0.2, 0) is 0 Å². The fraction of sp³-hybridized carbons (Fsp3) is 0. The van der Waals surface area contributed by atoms with Crippen LogP contribution in [0, 0.1) is 0 Å². The van der Waals surface area contributed by atoms with Gasteiger partial charge in [0.15, 0.2) is 0 Å². The Balaban J connectivity index is 0.000000113. The second kappa shape index (κ2) is 34.9. The Morgan fingerprint density at radius 1 is 0.138 bits per heavy atom. The van der Waals surface area contributed by atoms with Crippen molar-refractivity contribution in [2.75, 3.05) is 0 Å². The van der Waals surface area contributed by atoms with Gasteiger partial charge in [-0.05, 0) is 266 Å². The fourth-order valence-corrected chi connectivity index (χ4v) is 22.1. The summed E-state index contributed by atoms with van der Waals surface area (Å²) >= 11 is 0. The van der Waals surface area contributed by atoms with Crippen molar-refractivity contribution in [3.63, 3.8) is 0 Å². The van der Waals surface area contributed by atoms with Crippen LogP contribution < -0.4 is 0 Å². The minimum atomic E-state index is -0.435. The molecule has 0 aliphatic carbocycles. The van der Waals surface area contributed by atoms with Gasteiger partial charge in [0.2, 0.25) is 0 Å². The van der Waals surface area contributed by atoms with E-state index in [9.17, 15) is 0 Å². The van der Waals surface area contributed by atoms with Gasteiger partial charge in [-0.1, -0.05) is 352 Å².